The van der Waals surface area contributed by atoms with Crippen LogP contribution in [0.3, 0.4) is 0 Å². The average molecular weight is 352 g/mol. The molecule has 0 unspecified atom stereocenters. The molecule has 2 saturated heterocycles. The summed E-state index contributed by atoms with van der Waals surface area (Å²) in [6, 6.07) is 15.7. The number of aryl methyl sites for hydroxylation is 1. The fourth-order valence-electron chi connectivity index (χ4n) is 3.70. The number of fused-ring (bicyclic) bond motifs is 2. The minimum atomic E-state index is -0.209. The SMILES string of the molecule is Cc1ccc(NC(=O)N[C@@H]2C[C@H]3CC[C@@H]2O3)c(OCc2ccccc2)c1. The van der Waals surface area contributed by atoms with E-state index in [0.29, 0.717) is 24.1 Å². The first-order chi connectivity index (χ1) is 12.7. The van der Waals surface area contributed by atoms with Crippen LogP contribution in [-0.2, 0) is 11.3 Å². The highest BCUT2D eigenvalue weighted by atomic mass is 16.5. The van der Waals surface area contributed by atoms with Crippen molar-refractivity contribution in [1.82, 2.24) is 5.32 Å². The second-order valence-corrected chi connectivity index (χ2v) is 7.09. The van der Waals surface area contributed by atoms with Gasteiger partial charge in [-0.15, -0.1) is 0 Å². The van der Waals surface area contributed by atoms with Crippen LogP contribution in [-0.4, -0.2) is 24.3 Å². The number of nitrogens with one attached hydrogen (secondary N) is 2. The Bertz CT molecular complexity index is 778. The van der Waals surface area contributed by atoms with E-state index >= 15 is 0 Å². The molecule has 26 heavy (non-hydrogen) atoms. The van der Waals surface area contributed by atoms with E-state index < -0.39 is 0 Å². The molecular formula is C21H24N2O3. The molecule has 5 nitrogen and oxygen atoms in total. The van der Waals surface area contributed by atoms with E-state index in [2.05, 4.69) is 10.6 Å². The summed E-state index contributed by atoms with van der Waals surface area (Å²) in [6.07, 6.45) is 3.53. The van der Waals surface area contributed by atoms with Crippen LogP contribution in [0.25, 0.3) is 0 Å². The predicted molar refractivity (Wildman–Crippen MR) is 100 cm³/mol. The van der Waals surface area contributed by atoms with Crippen molar-refractivity contribution >= 4 is 11.7 Å². The third kappa shape index (κ3) is 3.83. The number of ether oxygens (including phenoxy) is 2. The average Bonchev–Trinajstić information content (AvgIpc) is 3.26. The maximum atomic E-state index is 12.4. The summed E-state index contributed by atoms with van der Waals surface area (Å²) < 4.78 is 11.8. The molecular weight excluding hydrogens is 328 g/mol. The molecule has 4 rings (SSSR count). The summed E-state index contributed by atoms with van der Waals surface area (Å²) in [5, 5.41) is 5.97. The summed E-state index contributed by atoms with van der Waals surface area (Å²) in [5.74, 6) is 0.674. The molecule has 0 aliphatic carbocycles. The Kier molecular flexibility index (Phi) is 4.80. The smallest absolute Gasteiger partial charge is 0.319 e. The number of carbonyl (C=O) groups is 1. The van der Waals surface area contributed by atoms with Crippen molar-refractivity contribution < 1.29 is 14.3 Å². The van der Waals surface area contributed by atoms with Crippen molar-refractivity contribution in [3.8, 4) is 5.75 Å². The number of carbonyl (C=O) groups excluding carboxylic acids is 1. The molecule has 0 saturated carbocycles. The molecule has 2 aliphatic rings. The number of urea groups is 1. The highest BCUT2D eigenvalue weighted by molar-refractivity contribution is 5.91. The van der Waals surface area contributed by atoms with E-state index in [1.807, 2.05) is 55.5 Å². The lowest BCUT2D eigenvalue weighted by molar-refractivity contribution is 0.0984. The lowest BCUT2D eigenvalue weighted by atomic mass is 9.96. The first kappa shape index (κ1) is 16.9. The monoisotopic (exact) mass is 352 g/mol. The molecule has 3 atom stereocenters. The Balaban J connectivity index is 1.40. The number of anilines is 1. The van der Waals surface area contributed by atoms with Crippen molar-refractivity contribution in [2.75, 3.05) is 5.32 Å². The van der Waals surface area contributed by atoms with E-state index in [1.165, 1.54) is 0 Å². The minimum Gasteiger partial charge on any atom is -0.487 e. The van der Waals surface area contributed by atoms with E-state index in [9.17, 15) is 4.79 Å². The van der Waals surface area contributed by atoms with E-state index in [1.54, 1.807) is 0 Å². The molecule has 5 heteroatoms. The van der Waals surface area contributed by atoms with Gasteiger partial charge in [-0.3, -0.25) is 0 Å². The number of amides is 2. The van der Waals surface area contributed by atoms with E-state index in [0.717, 1.165) is 30.4 Å². The Morgan fingerprint density at radius 3 is 2.77 bits per heavy atom. The number of hydrogen-bond donors (Lipinski definition) is 2. The quantitative estimate of drug-likeness (QED) is 0.854. The molecule has 2 aromatic rings. The summed E-state index contributed by atoms with van der Waals surface area (Å²) in [7, 11) is 0. The number of hydrogen-bond acceptors (Lipinski definition) is 3. The predicted octanol–water partition coefficient (Wildman–Crippen LogP) is 4.02. The van der Waals surface area contributed by atoms with Gasteiger partial charge in [-0.2, -0.15) is 0 Å². The van der Waals surface area contributed by atoms with Gasteiger partial charge in [0.15, 0.2) is 0 Å². The second-order valence-electron chi connectivity index (χ2n) is 7.09. The summed E-state index contributed by atoms with van der Waals surface area (Å²) in [6.45, 7) is 2.46. The van der Waals surface area contributed by atoms with Gasteiger partial charge in [-0.05, 0) is 49.4 Å². The molecule has 2 fully saturated rings. The van der Waals surface area contributed by atoms with Crippen LogP contribution in [0.4, 0.5) is 10.5 Å². The molecule has 2 aliphatic heterocycles. The van der Waals surface area contributed by atoms with Crippen LogP contribution < -0.4 is 15.4 Å². The van der Waals surface area contributed by atoms with Gasteiger partial charge in [-0.25, -0.2) is 4.79 Å². The van der Waals surface area contributed by atoms with Gasteiger partial charge in [0, 0.05) is 0 Å². The Morgan fingerprint density at radius 1 is 1.19 bits per heavy atom. The highest BCUT2D eigenvalue weighted by Crippen LogP contribution is 2.34. The van der Waals surface area contributed by atoms with Crippen molar-refractivity contribution in [3.63, 3.8) is 0 Å². The summed E-state index contributed by atoms with van der Waals surface area (Å²) >= 11 is 0. The maximum absolute atomic E-state index is 12.4. The topological polar surface area (TPSA) is 59.6 Å². The van der Waals surface area contributed by atoms with Gasteiger partial charge in [0.05, 0.1) is 23.9 Å². The minimum absolute atomic E-state index is 0.105. The Morgan fingerprint density at radius 2 is 2.04 bits per heavy atom. The number of rotatable bonds is 5. The van der Waals surface area contributed by atoms with Gasteiger partial charge in [0.2, 0.25) is 0 Å². The fraction of sp³-hybridized carbons (Fsp3) is 0.381. The van der Waals surface area contributed by atoms with Crippen LogP contribution >= 0.6 is 0 Å². The highest BCUT2D eigenvalue weighted by Gasteiger charge is 2.41. The first-order valence-corrected chi connectivity index (χ1v) is 9.18. The molecule has 2 amide bonds. The molecule has 0 radical (unpaired) electrons. The fourth-order valence-corrected chi connectivity index (χ4v) is 3.70. The van der Waals surface area contributed by atoms with Gasteiger partial charge >= 0.3 is 6.03 Å². The lowest BCUT2D eigenvalue weighted by Crippen LogP contribution is -2.43. The molecule has 2 aromatic carbocycles. The van der Waals surface area contributed by atoms with Crippen LogP contribution in [0.2, 0.25) is 0 Å². The zero-order chi connectivity index (χ0) is 17.9. The van der Waals surface area contributed by atoms with Crippen molar-refractivity contribution in [2.45, 2.75) is 51.0 Å². The standard InChI is InChI=1S/C21H24N2O3/c1-14-7-9-17(20(11-14)25-13-15-5-3-2-4-6-15)22-21(24)23-18-12-16-8-10-19(18)26-16/h2-7,9,11,16,18-19H,8,10,12-13H2,1H3,(H2,22,23,24)/t16-,18-,19+/m1/s1. The first-order valence-electron chi connectivity index (χ1n) is 9.18. The zero-order valence-electron chi connectivity index (χ0n) is 14.9. The van der Waals surface area contributed by atoms with Crippen molar-refractivity contribution in [1.29, 1.82) is 0 Å². The Labute approximate surface area is 153 Å². The summed E-state index contributed by atoms with van der Waals surface area (Å²) in [5.41, 5.74) is 2.84. The van der Waals surface area contributed by atoms with E-state index in [-0.39, 0.29) is 18.2 Å². The molecule has 136 valence electrons. The Hall–Kier alpha value is -2.53. The van der Waals surface area contributed by atoms with Crippen LogP contribution in [0, 0.1) is 6.92 Å². The molecule has 0 spiro atoms. The molecule has 2 N–H and O–H groups in total. The van der Waals surface area contributed by atoms with Gasteiger partial charge in [-0.1, -0.05) is 36.4 Å². The van der Waals surface area contributed by atoms with Crippen LogP contribution in [0.15, 0.2) is 48.5 Å². The van der Waals surface area contributed by atoms with Crippen LogP contribution in [0.1, 0.15) is 30.4 Å². The third-order valence-electron chi connectivity index (χ3n) is 5.04. The van der Waals surface area contributed by atoms with E-state index in [4.69, 9.17) is 9.47 Å². The van der Waals surface area contributed by atoms with Gasteiger partial charge in [0.1, 0.15) is 12.4 Å². The maximum Gasteiger partial charge on any atom is 0.319 e. The molecule has 2 heterocycles. The normalized spacial score (nSPS) is 23.7. The van der Waals surface area contributed by atoms with Crippen molar-refractivity contribution in [3.05, 3.63) is 59.7 Å². The third-order valence-corrected chi connectivity index (χ3v) is 5.04. The lowest BCUT2D eigenvalue weighted by Gasteiger charge is -2.21. The van der Waals surface area contributed by atoms with Gasteiger partial charge < -0.3 is 20.1 Å². The second kappa shape index (κ2) is 7.38. The molecule has 0 aromatic heterocycles. The van der Waals surface area contributed by atoms with Gasteiger partial charge in [0.25, 0.3) is 0 Å². The van der Waals surface area contributed by atoms with Crippen molar-refractivity contribution in [2.24, 2.45) is 0 Å². The van der Waals surface area contributed by atoms with Crippen LogP contribution in [0.5, 0.6) is 5.75 Å². The zero-order valence-corrected chi connectivity index (χ0v) is 14.9. The number of benzene rings is 2. The summed E-state index contributed by atoms with van der Waals surface area (Å²) in [4.78, 5) is 12.4. The molecule has 2 bridgehead atoms. The largest absolute Gasteiger partial charge is 0.487 e.